The summed E-state index contributed by atoms with van der Waals surface area (Å²) in [5.41, 5.74) is -0.604. The Morgan fingerprint density at radius 1 is 1.36 bits per heavy atom. The number of aromatic nitrogens is 2. The maximum absolute atomic E-state index is 12.3. The summed E-state index contributed by atoms with van der Waals surface area (Å²) in [5, 5.41) is 0.377. The Bertz CT molecular complexity index is 793. The van der Waals surface area contributed by atoms with Crippen molar-refractivity contribution >= 4 is 16.8 Å². The predicted molar refractivity (Wildman–Crippen MR) is 82.9 cm³/mol. The lowest BCUT2D eigenvalue weighted by Crippen LogP contribution is -2.42. The molecular formula is C15H19N3O4. The fourth-order valence-electron chi connectivity index (χ4n) is 2.24. The van der Waals surface area contributed by atoms with E-state index in [1.165, 1.54) is 9.47 Å². The van der Waals surface area contributed by atoms with Crippen molar-refractivity contribution in [2.45, 2.75) is 19.5 Å². The van der Waals surface area contributed by atoms with E-state index in [4.69, 9.17) is 4.74 Å². The first kappa shape index (κ1) is 16.0. The minimum atomic E-state index is -0.593. The first-order valence-electron chi connectivity index (χ1n) is 6.92. The number of ether oxygens (including phenoxy) is 1. The second kappa shape index (κ2) is 6.57. The minimum absolute atomic E-state index is 0.109. The zero-order valence-corrected chi connectivity index (χ0v) is 12.8. The Hall–Kier alpha value is -2.41. The topological polar surface area (TPSA) is 84.4 Å². The first-order chi connectivity index (χ1) is 10.5. The molecule has 0 aliphatic heterocycles. The summed E-state index contributed by atoms with van der Waals surface area (Å²) in [7, 11) is 3.22. The van der Waals surface area contributed by atoms with Gasteiger partial charge < -0.3 is 9.64 Å². The molecule has 0 saturated carbocycles. The number of rotatable bonds is 5. The van der Waals surface area contributed by atoms with Crippen LogP contribution in [0.3, 0.4) is 0 Å². The number of carbonyl (C=O) groups is 1. The van der Waals surface area contributed by atoms with Crippen LogP contribution in [0.1, 0.15) is 6.92 Å². The summed E-state index contributed by atoms with van der Waals surface area (Å²) in [6.07, 6.45) is 0. The molecule has 1 aromatic carbocycles. The van der Waals surface area contributed by atoms with Gasteiger partial charge in [0.1, 0.15) is 6.54 Å². The molecule has 0 bridgehead atoms. The molecule has 1 unspecified atom stereocenters. The smallest absolute Gasteiger partial charge is 0.329 e. The number of hydrogen-bond acceptors (Lipinski definition) is 4. The molecule has 0 saturated heterocycles. The summed E-state index contributed by atoms with van der Waals surface area (Å²) >= 11 is 0. The third-order valence-corrected chi connectivity index (χ3v) is 3.66. The normalized spacial score (nSPS) is 12.3. The molecule has 22 heavy (non-hydrogen) atoms. The molecule has 1 heterocycles. The van der Waals surface area contributed by atoms with E-state index in [0.717, 1.165) is 0 Å². The van der Waals surface area contributed by atoms with Gasteiger partial charge in [-0.2, -0.15) is 0 Å². The molecule has 0 aliphatic carbocycles. The van der Waals surface area contributed by atoms with Crippen LogP contribution >= 0.6 is 0 Å². The lowest BCUT2D eigenvalue weighted by Gasteiger charge is -2.24. The van der Waals surface area contributed by atoms with Gasteiger partial charge in [0.25, 0.3) is 5.56 Å². The fourth-order valence-corrected chi connectivity index (χ4v) is 2.24. The standard InChI is InChI=1S/C15H19N3O4/c1-10(9-22-3)17(2)13(19)8-18-12-7-5-4-6-11(12)14(20)16-15(18)21/h4-7,10H,8-9H2,1-3H3,(H,16,20,21). The Labute approximate surface area is 127 Å². The third-order valence-electron chi connectivity index (χ3n) is 3.66. The zero-order chi connectivity index (χ0) is 16.3. The van der Waals surface area contributed by atoms with Gasteiger partial charge in [-0.05, 0) is 19.1 Å². The summed E-state index contributed by atoms with van der Waals surface area (Å²) in [6.45, 7) is 2.12. The molecule has 2 aromatic rings. The summed E-state index contributed by atoms with van der Waals surface area (Å²) < 4.78 is 6.30. The number of H-pyrrole nitrogens is 1. The number of fused-ring (bicyclic) bond motifs is 1. The SMILES string of the molecule is COCC(C)N(C)C(=O)Cn1c(=O)[nH]c(=O)c2ccccc21. The molecule has 0 aliphatic rings. The number of nitrogens with one attached hydrogen (secondary N) is 1. The molecule has 0 radical (unpaired) electrons. The number of likely N-dealkylation sites (N-methyl/N-ethyl adjacent to an activating group) is 1. The minimum Gasteiger partial charge on any atom is -0.383 e. The van der Waals surface area contributed by atoms with Gasteiger partial charge in [-0.1, -0.05) is 12.1 Å². The number of amides is 1. The fraction of sp³-hybridized carbons (Fsp3) is 0.400. The number of aromatic amines is 1. The monoisotopic (exact) mass is 305 g/mol. The maximum atomic E-state index is 12.3. The molecule has 0 fully saturated rings. The highest BCUT2D eigenvalue weighted by atomic mass is 16.5. The second-order valence-electron chi connectivity index (χ2n) is 5.17. The molecule has 7 nitrogen and oxygen atoms in total. The Morgan fingerprint density at radius 3 is 2.73 bits per heavy atom. The highest BCUT2D eigenvalue weighted by molar-refractivity contribution is 5.81. The van der Waals surface area contributed by atoms with Gasteiger partial charge >= 0.3 is 5.69 Å². The van der Waals surface area contributed by atoms with E-state index in [1.807, 2.05) is 6.92 Å². The molecule has 1 aromatic heterocycles. The van der Waals surface area contributed by atoms with Crippen LogP contribution in [0, 0.1) is 0 Å². The highest BCUT2D eigenvalue weighted by Gasteiger charge is 2.18. The van der Waals surface area contributed by atoms with Gasteiger partial charge in [0.05, 0.1) is 23.6 Å². The predicted octanol–water partition coefficient (Wildman–Crippen LogP) is 0.183. The van der Waals surface area contributed by atoms with E-state index in [0.29, 0.717) is 17.5 Å². The van der Waals surface area contributed by atoms with Crippen LogP contribution in [-0.4, -0.2) is 47.2 Å². The van der Waals surface area contributed by atoms with Crippen molar-refractivity contribution in [3.63, 3.8) is 0 Å². The quantitative estimate of drug-likeness (QED) is 0.854. The van der Waals surface area contributed by atoms with E-state index in [-0.39, 0.29) is 18.5 Å². The zero-order valence-electron chi connectivity index (χ0n) is 12.8. The van der Waals surface area contributed by atoms with Gasteiger partial charge in [-0.15, -0.1) is 0 Å². The van der Waals surface area contributed by atoms with Crippen LogP contribution in [0.25, 0.3) is 10.9 Å². The van der Waals surface area contributed by atoms with Crippen LogP contribution in [0.4, 0.5) is 0 Å². The Kier molecular flexibility index (Phi) is 4.77. The van der Waals surface area contributed by atoms with Crippen LogP contribution in [0.2, 0.25) is 0 Å². The van der Waals surface area contributed by atoms with Crippen LogP contribution in [0.15, 0.2) is 33.9 Å². The van der Waals surface area contributed by atoms with E-state index >= 15 is 0 Å². The van der Waals surface area contributed by atoms with Crippen LogP contribution < -0.4 is 11.2 Å². The van der Waals surface area contributed by atoms with E-state index < -0.39 is 11.2 Å². The Morgan fingerprint density at radius 2 is 2.05 bits per heavy atom. The van der Waals surface area contributed by atoms with E-state index in [9.17, 15) is 14.4 Å². The molecule has 1 amide bonds. The van der Waals surface area contributed by atoms with Crippen molar-refractivity contribution < 1.29 is 9.53 Å². The molecule has 1 N–H and O–H groups in total. The van der Waals surface area contributed by atoms with Crippen molar-refractivity contribution in [2.75, 3.05) is 20.8 Å². The number of benzene rings is 1. The van der Waals surface area contributed by atoms with Gasteiger partial charge in [0, 0.05) is 14.2 Å². The maximum Gasteiger partial charge on any atom is 0.329 e. The largest absolute Gasteiger partial charge is 0.383 e. The number of methoxy groups -OCH3 is 1. The van der Waals surface area contributed by atoms with Crippen molar-refractivity contribution in [3.05, 3.63) is 45.1 Å². The summed E-state index contributed by atoms with van der Waals surface area (Å²) in [4.78, 5) is 39.9. The molecule has 7 heteroatoms. The average Bonchev–Trinajstić information content (AvgIpc) is 2.50. The van der Waals surface area contributed by atoms with Crippen molar-refractivity contribution in [2.24, 2.45) is 0 Å². The summed E-state index contributed by atoms with van der Waals surface area (Å²) in [5.74, 6) is -0.233. The van der Waals surface area contributed by atoms with Gasteiger partial charge in [-0.3, -0.25) is 19.1 Å². The first-order valence-corrected chi connectivity index (χ1v) is 6.92. The molecule has 118 valence electrons. The molecular weight excluding hydrogens is 286 g/mol. The second-order valence-corrected chi connectivity index (χ2v) is 5.17. The van der Waals surface area contributed by atoms with Gasteiger partial charge in [0.2, 0.25) is 5.91 Å². The lowest BCUT2D eigenvalue weighted by molar-refractivity contribution is -0.133. The van der Waals surface area contributed by atoms with Gasteiger partial charge in [-0.25, -0.2) is 4.79 Å². The van der Waals surface area contributed by atoms with Crippen LogP contribution in [-0.2, 0) is 16.1 Å². The van der Waals surface area contributed by atoms with Crippen molar-refractivity contribution in [3.8, 4) is 0 Å². The highest BCUT2D eigenvalue weighted by Crippen LogP contribution is 2.07. The summed E-state index contributed by atoms with van der Waals surface area (Å²) in [6, 6.07) is 6.59. The molecule has 1 atom stereocenters. The number of nitrogens with zero attached hydrogens (tertiary/aromatic N) is 2. The Balaban J connectivity index is 2.38. The third kappa shape index (κ3) is 3.09. The lowest BCUT2D eigenvalue weighted by atomic mass is 10.2. The molecule has 0 spiro atoms. The number of hydrogen-bond donors (Lipinski definition) is 1. The van der Waals surface area contributed by atoms with E-state index in [1.54, 1.807) is 38.4 Å². The number of para-hydroxylation sites is 1. The molecule has 2 rings (SSSR count). The number of carbonyl (C=O) groups excluding carboxylic acids is 1. The van der Waals surface area contributed by atoms with Crippen LogP contribution in [0.5, 0.6) is 0 Å². The average molecular weight is 305 g/mol. The van der Waals surface area contributed by atoms with Crippen molar-refractivity contribution in [1.82, 2.24) is 14.5 Å². The van der Waals surface area contributed by atoms with Crippen molar-refractivity contribution in [1.29, 1.82) is 0 Å². The van der Waals surface area contributed by atoms with Gasteiger partial charge in [0.15, 0.2) is 0 Å². The van der Waals surface area contributed by atoms with E-state index in [2.05, 4.69) is 4.98 Å².